The third kappa shape index (κ3) is 3.60. The third-order valence-electron chi connectivity index (χ3n) is 7.44. The van der Waals surface area contributed by atoms with Crippen molar-refractivity contribution in [2.45, 2.75) is 27.7 Å². The van der Waals surface area contributed by atoms with Crippen LogP contribution in [0.15, 0.2) is 84.9 Å². The van der Waals surface area contributed by atoms with Gasteiger partial charge in [-0.15, -0.1) is 0 Å². The lowest BCUT2D eigenvalue weighted by Gasteiger charge is -2.14. The van der Waals surface area contributed by atoms with Gasteiger partial charge in [-0.2, -0.15) is 0 Å². The van der Waals surface area contributed by atoms with E-state index in [1.807, 2.05) is 26.0 Å². The average molecular weight is 491 g/mol. The number of fused-ring (bicyclic) bond motifs is 6. The zero-order valence-electron chi connectivity index (χ0n) is 21.9. The van der Waals surface area contributed by atoms with E-state index in [4.69, 9.17) is 19.9 Å². The summed E-state index contributed by atoms with van der Waals surface area (Å²) in [5, 5.41) is 4.41. The van der Waals surface area contributed by atoms with Gasteiger partial charge >= 0.3 is 0 Å². The molecule has 0 atom stereocenters. The summed E-state index contributed by atoms with van der Waals surface area (Å²) >= 11 is 0. The smallest absolute Gasteiger partial charge is 0.0972 e. The zero-order valence-corrected chi connectivity index (χ0v) is 21.9. The largest absolute Gasteiger partial charge is 0.251 e. The quantitative estimate of drug-likeness (QED) is 0.228. The van der Waals surface area contributed by atoms with Crippen LogP contribution in [0.2, 0.25) is 0 Å². The summed E-state index contributed by atoms with van der Waals surface area (Å²) in [4.78, 5) is 19.8. The summed E-state index contributed by atoms with van der Waals surface area (Å²) in [6.45, 7) is 8.35. The number of pyridine rings is 4. The van der Waals surface area contributed by atoms with Gasteiger partial charge < -0.3 is 0 Å². The standard InChI is InChI=1S/C34H26N4/c1-19-17-28(30-16-14-26-12-10-24-8-6-22(4)36-32(24)34(26)38-30)20(2)18-27(19)29-15-13-25-11-9-23-7-5-21(3)35-31(23)33(25)37-29/h5-18H,1-4H3. The van der Waals surface area contributed by atoms with Gasteiger partial charge in [0.15, 0.2) is 0 Å². The molecule has 3 aromatic carbocycles. The molecular weight excluding hydrogens is 464 g/mol. The van der Waals surface area contributed by atoms with Crippen LogP contribution in [0.3, 0.4) is 0 Å². The van der Waals surface area contributed by atoms with Crippen molar-refractivity contribution in [3.05, 3.63) is 107 Å². The molecule has 7 aromatic rings. The molecule has 4 nitrogen and oxygen atoms in total. The molecule has 4 heteroatoms. The van der Waals surface area contributed by atoms with Crippen molar-refractivity contribution in [3.63, 3.8) is 0 Å². The van der Waals surface area contributed by atoms with Crippen molar-refractivity contribution < 1.29 is 0 Å². The first-order chi connectivity index (χ1) is 18.4. The van der Waals surface area contributed by atoms with E-state index in [1.165, 1.54) is 0 Å². The maximum atomic E-state index is 5.12. The molecule has 0 N–H and O–H groups in total. The van der Waals surface area contributed by atoms with Gasteiger partial charge in [0.05, 0.1) is 33.5 Å². The predicted molar refractivity (Wildman–Crippen MR) is 157 cm³/mol. The zero-order chi connectivity index (χ0) is 26.0. The van der Waals surface area contributed by atoms with Crippen molar-refractivity contribution in [1.82, 2.24) is 19.9 Å². The van der Waals surface area contributed by atoms with Crippen molar-refractivity contribution in [3.8, 4) is 22.5 Å². The highest BCUT2D eigenvalue weighted by Gasteiger charge is 2.14. The summed E-state index contributed by atoms with van der Waals surface area (Å²) in [5.41, 5.74) is 12.3. The van der Waals surface area contributed by atoms with Gasteiger partial charge in [-0.3, -0.25) is 9.97 Å². The molecule has 38 heavy (non-hydrogen) atoms. The van der Waals surface area contributed by atoms with Gasteiger partial charge in [-0.05, 0) is 75.2 Å². The number of nitrogens with zero attached hydrogens (tertiary/aromatic N) is 4. The summed E-state index contributed by atoms with van der Waals surface area (Å²) in [7, 11) is 0. The molecule has 0 fully saturated rings. The summed E-state index contributed by atoms with van der Waals surface area (Å²) in [5.74, 6) is 0. The van der Waals surface area contributed by atoms with E-state index in [9.17, 15) is 0 Å². The van der Waals surface area contributed by atoms with E-state index in [1.54, 1.807) is 0 Å². The second-order valence-electron chi connectivity index (χ2n) is 10.2. The Bertz CT molecular complexity index is 1920. The number of hydrogen-bond acceptors (Lipinski definition) is 4. The molecular formula is C34H26N4. The highest BCUT2D eigenvalue weighted by Crippen LogP contribution is 2.34. The third-order valence-corrected chi connectivity index (χ3v) is 7.44. The van der Waals surface area contributed by atoms with Gasteiger partial charge in [-0.1, -0.05) is 48.5 Å². The minimum Gasteiger partial charge on any atom is -0.251 e. The highest BCUT2D eigenvalue weighted by molar-refractivity contribution is 6.04. The van der Waals surface area contributed by atoms with Crippen LogP contribution in [-0.4, -0.2) is 19.9 Å². The minimum atomic E-state index is 0.940. The fraction of sp³-hybridized carbons (Fsp3) is 0.118. The Morgan fingerprint density at radius 3 is 1.08 bits per heavy atom. The molecule has 0 spiro atoms. The number of aryl methyl sites for hydroxylation is 4. The van der Waals surface area contributed by atoms with Crippen molar-refractivity contribution in [2.24, 2.45) is 0 Å². The SMILES string of the molecule is Cc1ccc2ccc3ccc(-c4cc(C)c(-c5ccc6ccc7ccc(C)nc7c6n5)cc4C)nc3c2n1. The molecule has 0 unspecified atom stereocenters. The fourth-order valence-electron chi connectivity index (χ4n) is 5.40. The molecule has 7 rings (SSSR count). The van der Waals surface area contributed by atoms with E-state index < -0.39 is 0 Å². The van der Waals surface area contributed by atoms with E-state index in [2.05, 4.69) is 86.6 Å². The Balaban J connectivity index is 1.38. The summed E-state index contributed by atoms with van der Waals surface area (Å²) in [6.07, 6.45) is 0. The number of aromatic nitrogens is 4. The Labute approximate surface area is 221 Å². The van der Waals surface area contributed by atoms with E-state index in [0.717, 1.165) is 88.6 Å². The summed E-state index contributed by atoms with van der Waals surface area (Å²) in [6, 6.07) is 29.8. The molecule has 0 amide bonds. The molecule has 0 bridgehead atoms. The van der Waals surface area contributed by atoms with Gasteiger partial charge in [0.25, 0.3) is 0 Å². The van der Waals surface area contributed by atoms with Crippen molar-refractivity contribution in [2.75, 3.05) is 0 Å². The molecule has 4 heterocycles. The lowest BCUT2D eigenvalue weighted by molar-refractivity contribution is 1.25. The van der Waals surface area contributed by atoms with Gasteiger partial charge in [-0.25, -0.2) is 9.97 Å². The van der Waals surface area contributed by atoms with E-state index >= 15 is 0 Å². The van der Waals surface area contributed by atoms with Crippen LogP contribution in [0.4, 0.5) is 0 Å². The van der Waals surface area contributed by atoms with Crippen LogP contribution in [0, 0.1) is 27.7 Å². The van der Waals surface area contributed by atoms with Crippen molar-refractivity contribution >= 4 is 43.6 Å². The monoisotopic (exact) mass is 490 g/mol. The Kier molecular flexibility index (Phi) is 4.98. The first-order valence-corrected chi connectivity index (χ1v) is 12.9. The average Bonchev–Trinajstić information content (AvgIpc) is 2.93. The lowest BCUT2D eigenvalue weighted by Crippen LogP contribution is -1.95. The van der Waals surface area contributed by atoms with E-state index in [0.29, 0.717) is 0 Å². The second kappa shape index (κ2) is 8.42. The number of benzene rings is 3. The normalized spacial score (nSPS) is 11.7. The Hall–Kier alpha value is -4.70. The molecule has 182 valence electrons. The van der Waals surface area contributed by atoms with Crippen LogP contribution in [0.1, 0.15) is 22.5 Å². The number of rotatable bonds is 2. The number of hydrogen-bond donors (Lipinski definition) is 0. The molecule has 0 aliphatic carbocycles. The second-order valence-corrected chi connectivity index (χ2v) is 10.2. The maximum Gasteiger partial charge on any atom is 0.0972 e. The van der Waals surface area contributed by atoms with Crippen LogP contribution >= 0.6 is 0 Å². The van der Waals surface area contributed by atoms with Crippen LogP contribution in [0.25, 0.3) is 66.1 Å². The van der Waals surface area contributed by atoms with Crippen LogP contribution in [-0.2, 0) is 0 Å². The van der Waals surface area contributed by atoms with Gasteiger partial charge in [0.2, 0.25) is 0 Å². The molecule has 0 saturated carbocycles. The van der Waals surface area contributed by atoms with Gasteiger partial charge in [0, 0.05) is 44.1 Å². The fourth-order valence-corrected chi connectivity index (χ4v) is 5.40. The lowest BCUT2D eigenvalue weighted by atomic mass is 9.95. The Morgan fingerprint density at radius 2 is 0.684 bits per heavy atom. The maximum absolute atomic E-state index is 5.12. The molecule has 0 radical (unpaired) electrons. The van der Waals surface area contributed by atoms with Gasteiger partial charge in [0.1, 0.15) is 0 Å². The first kappa shape index (κ1) is 22.5. The first-order valence-electron chi connectivity index (χ1n) is 12.9. The molecule has 0 aliphatic rings. The van der Waals surface area contributed by atoms with Crippen LogP contribution in [0.5, 0.6) is 0 Å². The highest BCUT2D eigenvalue weighted by atomic mass is 14.8. The molecule has 0 aliphatic heterocycles. The predicted octanol–water partition coefficient (Wildman–Crippen LogP) is 8.45. The van der Waals surface area contributed by atoms with E-state index in [-0.39, 0.29) is 0 Å². The van der Waals surface area contributed by atoms with Crippen molar-refractivity contribution in [1.29, 1.82) is 0 Å². The molecule has 0 saturated heterocycles. The van der Waals surface area contributed by atoms with Crippen LogP contribution < -0.4 is 0 Å². The summed E-state index contributed by atoms with van der Waals surface area (Å²) < 4.78 is 0. The Morgan fingerprint density at radius 1 is 0.368 bits per heavy atom. The topological polar surface area (TPSA) is 51.6 Å². The molecule has 4 aromatic heterocycles. The minimum absolute atomic E-state index is 0.940.